The molecule has 7 heteroatoms. The lowest BCUT2D eigenvalue weighted by Gasteiger charge is -2.32. The Labute approximate surface area is 172 Å². The molecule has 1 fully saturated rings. The smallest absolute Gasteiger partial charge is 0.314 e. The fourth-order valence-corrected chi connectivity index (χ4v) is 4.77. The molecule has 1 saturated carbocycles. The monoisotopic (exact) mass is 409 g/mol. The zero-order valence-electron chi connectivity index (χ0n) is 16.4. The van der Waals surface area contributed by atoms with Crippen LogP contribution in [0.5, 0.6) is 0 Å². The predicted octanol–water partition coefficient (Wildman–Crippen LogP) is 5.42. The molecule has 154 valence electrons. The molecule has 0 atom stereocenters. The Balaban J connectivity index is 1.41. The summed E-state index contributed by atoms with van der Waals surface area (Å²) in [4.78, 5) is 15.4. The SMILES string of the molecule is O=C1N(Cc2ccc(-c3nnc(C(F)F)o3)cc2)c2ccccc2C12CCCCC2. The summed E-state index contributed by atoms with van der Waals surface area (Å²) in [5.41, 5.74) is 3.27. The molecule has 1 amide bonds. The highest BCUT2D eigenvalue weighted by Crippen LogP contribution is 2.50. The Morgan fingerprint density at radius 2 is 1.73 bits per heavy atom. The van der Waals surface area contributed by atoms with E-state index in [4.69, 9.17) is 4.42 Å². The average molecular weight is 409 g/mol. The number of aromatic nitrogens is 2. The number of hydrogen-bond acceptors (Lipinski definition) is 4. The first kappa shape index (κ1) is 18.9. The number of hydrogen-bond donors (Lipinski definition) is 0. The van der Waals surface area contributed by atoms with Gasteiger partial charge in [0.1, 0.15) is 0 Å². The van der Waals surface area contributed by atoms with Crippen LogP contribution in [-0.4, -0.2) is 16.1 Å². The van der Waals surface area contributed by atoms with Crippen molar-refractivity contribution >= 4 is 11.6 Å². The Kier molecular flexibility index (Phi) is 4.60. The van der Waals surface area contributed by atoms with Crippen LogP contribution in [0, 0.1) is 0 Å². The number of anilines is 1. The average Bonchev–Trinajstić information content (AvgIpc) is 3.35. The third-order valence-corrected chi connectivity index (χ3v) is 6.24. The minimum absolute atomic E-state index is 0.0561. The van der Waals surface area contributed by atoms with Gasteiger partial charge in [-0.1, -0.05) is 49.6 Å². The summed E-state index contributed by atoms with van der Waals surface area (Å²) in [6.07, 6.45) is 2.35. The number of benzene rings is 2. The molecule has 2 heterocycles. The van der Waals surface area contributed by atoms with E-state index in [0.29, 0.717) is 12.1 Å². The summed E-state index contributed by atoms with van der Waals surface area (Å²) in [6.45, 7) is 0.462. The zero-order chi connectivity index (χ0) is 20.7. The van der Waals surface area contributed by atoms with Gasteiger partial charge < -0.3 is 9.32 Å². The molecular weight excluding hydrogens is 388 g/mol. The van der Waals surface area contributed by atoms with Crippen molar-refractivity contribution in [1.82, 2.24) is 10.2 Å². The number of rotatable bonds is 4. The van der Waals surface area contributed by atoms with Gasteiger partial charge in [0.25, 0.3) is 5.89 Å². The first-order chi connectivity index (χ1) is 14.6. The van der Waals surface area contributed by atoms with Crippen LogP contribution in [-0.2, 0) is 16.8 Å². The van der Waals surface area contributed by atoms with Crippen molar-refractivity contribution < 1.29 is 18.0 Å². The first-order valence-corrected chi connectivity index (χ1v) is 10.2. The second kappa shape index (κ2) is 7.31. The van der Waals surface area contributed by atoms with Gasteiger partial charge in [0, 0.05) is 11.3 Å². The molecule has 3 aromatic rings. The predicted molar refractivity (Wildman–Crippen MR) is 107 cm³/mol. The topological polar surface area (TPSA) is 59.2 Å². The molecule has 5 rings (SSSR count). The van der Waals surface area contributed by atoms with Gasteiger partial charge in [-0.25, -0.2) is 0 Å². The maximum absolute atomic E-state index is 13.5. The number of halogens is 2. The highest BCUT2D eigenvalue weighted by molar-refractivity contribution is 6.08. The summed E-state index contributed by atoms with van der Waals surface area (Å²) >= 11 is 0. The summed E-state index contributed by atoms with van der Waals surface area (Å²) in [5.74, 6) is -0.447. The fourth-order valence-electron chi connectivity index (χ4n) is 4.77. The molecule has 0 bridgehead atoms. The van der Waals surface area contributed by atoms with Crippen LogP contribution in [0.25, 0.3) is 11.5 Å². The quantitative estimate of drug-likeness (QED) is 0.577. The maximum atomic E-state index is 13.5. The largest absolute Gasteiger partial charge is 0.415 e. The number of nitrogens with zero attached hydrogens (tertiary/aromatic N) is 3. The van der Waals surface area contributed by atoms with E-state index in [1.807, 2.05) is 35.2 Å². The number of fused-ring (bicyclic) bond motifs is 2. The van der Waals surface area contributed by atoms with Gasteiger partial charge in [0.15, 0.2) is 0 Å². The van der Waals surface area contributed by atoms with Crippen molar-refractivity contribution in [3.05, 3.63) is 65.5 Å². The lowest BCUT2D eigenvalue weighted by atomic mass is 9.70. The summed E-state index contributed by atoms with van der Waals surface area (Å²) in [7, 11) is 0. The van der Waals surface area contributed by atoms with Crippen molar-refractivity contribution in [1.29, 1.82) is 0 Å². The Hall–Kier alpha value is -3.09. The van der Waals surface area contributed by atoms with Crippen LogP contribution >= 0.6 is 0 Å². The molecule has 1 spiro atoms. The molecule has 30 heavy (non-hydrogen) atoms. The van der Waals surface area contributed by atoms with E-state index >= 15 is 0 Å². The minimum Gasteiger partial charge on any atom is -0.415 e. The van der Waals surface area contributed by atoms with Crippen LogP contribution in [0.15, 0.2) is 52.9 Å². The highest BCUT2D eigenvalue weighted by atomic mass is 19.3. The van der Waals surface area contributed by atoms with Gasteiger partial charge in [-0.3, -0.25) is 4.79 Å². The van der Waals surface area contributed by atoms with Crippen molar-refractivity contribution in [3.8, 4) is 11.5 Å². The highest BCUT2D eigenvalue weighted by Gasteiger charge is 2.50. The molecule has 0 saturated heterocycles. The first-order valence-electron chi connectivity index (χ1n) is 10.2. The van der Waals surface area contributed by atoms with Crippen molar-refractivity contribution in [2.75, 3.05) is 4.90 Å². The van der Waals surface area contributed by atoms with Gasteiger partial charge in [-0.15, -0.1) is 10.2 Å². The van der Waals surface area contributed by atoms with E-state index in [1.165, 1.54) is 6.42 Å². The van der Waals surface area contributed by atoms with Crippen LogP contribution in [0.3, 0.4) is 0 Å². The van der Waals surface area contributed by atoms with Crippen LogP contribution in [0.1, 0.15) is 55.5 Å². The molecular formula is C23H21F2N3O2. The second-order valence-electron chi connectivity index (χ2n) is 7.99. The maximum Gasteiger partial charge on any atom is 0.314 e. The molecule has 2 aromatic carbocycles. The van der Waals surface area contributed by atoms with Crippen molar-refractivity contribution in [3.63, 3.8) is 0 Å². The molecule has 2 aliphatic rings. The third-order valence-electron chi connectivity index (χ3n) is 6.24. The standard InChI is InChI=1S/C23H21F2N3O2/c24-19(25)21-27-26-20(30-21)16-10-8-15(9-11-16)14-28-18-7-3-2-6-17(18)23(22(28)29)12-4-1-5-13-23/h2-3,6-11,19H,1,4-5,12-14H2. The third kappa shape index (κ3) is 3.00. The Morgan fingerprint density at radius 3 is 2.43 bits per heavy atom. The van der Waals surface area contributed by atoms with Gasteiger partial charge in [-0.05, 0) is 42.2 Å². The fraction of sp³-hybridized carbons (Fsp3) is 0.348. The van der Waals surface area contributed by atoms with Crippen LogP contribution in [0.2, 0.25) is 0 Å². The number of para-hydroxylation sites is 1. The number of carbonyl (C=O) groups excluding carboxylic acids is 1. The Morgan fingerprint density at radius 1 is 1.00 bits per heavy atom. The number of amides is 1. The van der Waals surface area contributed by atoms with E-state index in [2.05, 4.69) is 16.3 Å². The lowest BCUT2D eigenvalue weighted by molar-refractivity contribution is -0.124. The van der Waals surface area contributed by atoms with E-state index in [9.17, 15) is 13.6 Å². The van der Waals surface area contributed by atoms with Crippen molar-refractivity contribution in [2.24, 2.45) is 0 Å². The summed E-state index contributed by atoms with van der Waals surface area (Å²) < 4.78 is 30.3. The lowest BCUT2D eigenvalue weighted by Crippen LogP contribution is -2.41. The molecule has 0 unspecified atom stereocenters. The normalized spacial score (nSPS) is 17.7. The molecule has 1 aliphatic carbocycles. The minimum atomic E-state index is -2.79. The molecule has 5 nitrogen and oxygen atoms in total. The van der Waals surface area contributed by atoms with E-state index in [0.717, 1.165) is 42.5 Å². The van der Waals surface area contributed by atoms with Crippen molar-refractivity contribution in [2.45, 2.75) is 50.5 Å². The molecule has 0 N–H and O–H groups in total. The summed E-state index contributed by atoms with van der Waals surface area (Å²) in [6, 6.07) is 15.3. The van der Waals surface area contributed by atoms with E-state index in [1.54, 1.807) is 12.1 Å². The van der Waals surface area contributed by atoms with Crippen LogP contribution in [0.4, 0.5) is 14.5 Å². The Bertz CT molecular complexity index is 1070. The van der Waals surface area contributed by atoms with E-state index in [-0.39, 0.29) is 17.2 Å². The number of carbonyl (C=O) groups is 1. The second-order valence-corrected chi connectivity index (χ2v) is 7.99. The van der Waals surface area contributed by atoms with Gasteiger partial charge in [-0.2, -0.15) is 8.78 Å². The van der Waals surface area contributed by atoms with Gasteiger partial charge in [0.05, 0.1) is 12.0 Å². The molecule has 0 radical (unpaired) electrons. The molecule has 1 aromatic heterocycles. The van der Waals surface area contributed by atoms with E-state index < -0.39 is 12.3 Å². The van der Waals surface area contributed by atoms with Gasteiger partial charge in [0.2, 0.25) is 11.8 Å². The van der Waals surface area contributed by atoms with Gasteiger partial charge >= 0.3 is 6.43 Å². The molecule has 1 aliphatic heterocycles. The van der Waals surface area contributed by atoms with Crippen LogP contribution < -0.4 is 4.90 Å². The number of alkyl halides is 2. The zero-order valence-corrected chi connectivity index (χ0v) is 16.4. The summed E-state index contributed by atoms with van der Waals surface area (Å²) in [5, 5.41) is 7.04.